The molecular formula is C11H12ClFN2. The molecule has 4 heteroatoms. The van der Waals surface area contributed by atoms with Crippen LogP contribution >= 0.6 is 11.6 Å². The highest BCUT2D eigenvalue weighted by Crippen LogP contribution is 2.32. The molecule has 1 aromatic rings. The fourth-order valence-corrected chi connectivity index (χ4v) is 1.39. The van der Waals surface area contributed by atoms with Crippen molar-refractivity contribution in [2.24, 2.45) is 11.1 Å². The van der Waals surface area contributed by atoms with Crippen molar-refractivity contribution in [2.45, 2.75) is 19.9 Å². The van der Waals surface area contributed by atoms with E-state index in [-0.39, 0.29) is 5.56 Å². The molecule has 2 N–H and O–H groups in total. The van der Waals surface area contributed by atoms with Gasteiger partial charge < -0.3 is 5.73 Å². The minimum atomic E-state index is -0.828. The molecule has 0 fully saturated rings. The van der Waals surface area contributed by atoms with Crippen molar-refractivity contribution >= 4 is 11.6 Å². The van der Waals surface area contributed by atoms with Crippen LogP contribution in [0.3, 0.4) is 0 Å². The van der Waals surface area contributed by atoms with Gasteiger partial charge in [-0.1, -0.05) is 11.6 Å². The zero-order valence-electron chi connectivity index (χ0n) is 8.59. The monoisotopic (exact) mass is 226 g/mol. The average molecular weight is 227 g/mol. The van der Waals surface area contributed by atoms with Crippen LogP contribution in [0.4, 0.5) is 4.39 Å². The minimum Gasteiger partial charge on any atom is -0.323 e. The van der Waals surface area contributed by atoms with Crippen LogP contribution in [0.2, 0.25) is 5.02 Å². The number of nitrogens with zero attached hydrogens (tertiary/aromatic N) is 1. The second-order valence-electron chi connectivity index (χ2n) is 3.98. The molecule has 0 heterocycles. The van der Waals surface area contributed by atoms with Gasteiger partial charge in [0.2, 0.25) is 0 Å². The maximum atomic E-state index is 13.4. The summed E-state index contributed by atoms with van der Waals surface area (Å²) in [6.45, 7) is 3.33. The van der Waals surface area contributed by atoms with Crippen molar-refractivity contribution in [1.82, 2.24) is 0 Å². The van der Waals surface area contributed by atoms with Gasteiger partial charge in [0.1, 0.15) is 5.82 Å². The Balaban J connectivity index is 3.17. The Morgan fingerprint density at radius 2 is 2.13 bits per heavy atom. The zero-order valence-corrected chi connectivity index (χ0v) is 9.35. The molecule has 1 rings (SSSR count). The molecule has 0 aromatic heterocycles. The third-order valence-corrected chi connectivity index (χ3v) is 2.59. The lowest BCUT2D eigenvalue weighted by atomic mass is 9.82. The van der Waals surface area contributed by atoms with Gasteiger partial charge >= 0.3 is 0 Å². The molecule has 0 saturated heterocycles. The van der Waals surface area contributed by atoms with Crippen LogP contribution in [0.1, 0.15) is 25.5 Å². The predicted octanol–water partition coefficient (Wildman–Crippen LogP) is 3.03. The van der Waals surface area contributed by atoms with E-state index in [9.17, 15) is 4.39 Å². The summed E-state index contributed by atoms with van der Waals surface area (Å²) in [5, 5.41) is 9.31. The first-order valence-corrected chi connectivity index (χ1v) is 4.88. The van der Waals surface area contributed by atoms with Crippen LogP contribution in [0.15, 0.2) is 18.2 Å². The highest BCUT2D eigenvalue weighted by atomic mass is 35.5. The van der Waals surface area contributed by atoms with Crippen LogP contribution in [-0.2, 0) is 0 Å². The zero-order chi connectivity index (χ0) is 11.6. The van der Waals surface area contributed by atoms with Crippen molar-refractivity contribution in [3.63, 3.8) is 0 Å². The first kappa shape index (κ1) is 12.0. The quantitative estimate of drug-likeness (QED) is 0.843. The highest BCUT2D eigenvalue weighted by molar-refractivity contribution is 6.30. The lowest BCUT2D eigenvalue weighted by molar-refractivity contribution is 0.381. The molecule has 1 unspecified atom stereocenters. The Hall–Kier alpha value is -1.11. The van der Waals surface area contributed by atoms with Gasteiger partial charge in [-0.25, -0.2) is 4.39 Å². The molecule has 0 saturated carbocycles. The van der Waals surface area contributed by atoms with Crippen molar-refractivity contribution < 1.29 is 4.39 Å². The first-order chi connectivity index (χ1) is 6.88. The second-order valence-corrected chi connectivity index (χ2v) is 4.41. The summed E-state index contributed by atoms with van der Waals surface area (Å²) >= 11 is 5.75. The smallest absolute Gasteiger partial charge is 0.128 e. The van der Waals surface area contributed by atoms with Gasteiger partial charge in [-0.3, -0.25) is 0 Å². The molecule has 0 spiro atoms. The van der Waals surface area contributed by atoms with Gasteiger partial charge in [0, 0.05) is 10.6 Å². The van der Waals surface area contributed by atoms with Gasteiger partial charge in [0.15, 0.2) is 0 Å². The lowest BCUT2D eigenvalue weighted by Gasteiger charge is -2.24. The number of nitrogens with two attached hydrogens (primary N) is 1. The van der Waals surface area contributed by atoms with E-state index >= 15 is 0 Å². The number of hydrogen-bond donors (Lipinski definition) is 1. The second kappa shape index (κ2) is 4.18. The van der Waals surface area contributed by atoms with Crippen molar-refractivity contribution in [2.75, 3.05) is 0 Å². The summed E-state index contributed by atoms with van der Waals surface area (Å²) in [6.07, 6.45) is 0. The largest absolute Gasteiger partial charge is 0.323 e. The van der Waals surface area contributed by atoms with Crippen LogP contribution in [0, 0.1) is 22.6 Å². The Morgan fingerprint density at radius 3 is 2.67 bits per heavy atom. The molecule has 2 nitrogen and oxygen atoms in total. The van der Waals surface area contributed by atoms with Gasteiger partial charge in [0.25, 0.3) is 0 Å². The first-order valence-electron chi connectivity index (χ1n) is 4.50. The minimum absolute atomic E-state index is 0.272. The van der Waals surface area contributed by atoms with E-state index in [0.29, 0.717) is 5.02 Å². The molecule has 0 aliphatic carbocycles. The third kappa shape index (κ3) is 2.47. The summed E-state index contributed by atoms with van der Waals surface area (Å²) < 4.78 is 13.4. The van der Waals surface area contributed by atoms with Crippen molar-refractivity contribution in [3.05, 3.63) is 34.6 Å². The lowest BCUT2D eigenvalue weighted by Crippen LogP contribution is -2.28. The maximum Gasteiger partial charge on any atom is 0.128 e. The van der Waals surface area contributed by atoms with E-state index in [0.717, 1.165) is 0 Å². The topological polar surface area (TPSA) is 49.8 Å². The van der Waals surface area contributed by atoms with E-state index in [2.05, 4.69) is 6.07 Å². The van der Waals surface area contributed by atoms with Crippen LogP contribution in [0.25, 0.3) is 0 Å². The molecule has 0 aliphatic heterocycles. The summed E-state index contributed by atoms with van der Waals surface area (Å²) in [5.74, 6) is -0.435. The summed E-state index contributed by atoms with van der Waals surface area (Å²) in [6, 6.07) is 5.52. The van der Waals surface area contributed by atoms with Gasteiger partial charge in [-0.05, 0) is 32.0 Å². The molecular weight excluding hydrogens is 215 g/mol. The molecule has 1 aromatic carbocycles. The third-order valence-electron chi connectivity index (χ3n) is 2.36. The molecule has 0 amide bonds. The van der Waals surface area contributed by atoms with Gasteiger partial charge in [-0.15, -0.1) is 0 Å². The molecule has 0 radical (unpaired) electrons. The number of hydrogen-bond acceptors (Lipinski definition) is 2. The van der Waals surface area contributed by atoms with Crippen molar-refractivity contribution in [3.8, 4) is 6.07 Å². The van der Waals surface area contributed by atoms with Crippen LogP contribution in [-0.4, -0.2) is 0 Å². The SMILES string of the molecule is CC(C)(C#N)C(N)c1cc(Cl)ccc1F. The number of nitriles is 1. The van der Waals surface area contributed by atoms with E-state index in [4.69, 9.17) is 22.6 Å². The average Bonchev–Trinajstić information content (AvgIpc) is 2.20. The number of rotatable bonds is 2. The highest BCUT2D eigenvalue weighted by Gasteiger charge is 2.29. The normalized spacial score (nSPS) is 13.3. The fourth-order valence-electron chi connectivity index (χ4n) is 1.21. The van der Waals surface area contributed by atoms with Crippen LogP contribution < -0.4 is 5.73 Å². The summed E-state index contributed by atoms with van der Waals surface area (Å²) in [5.41, 5.74) is 5.28. The summed E-state index contributed by atoms with van der Waals surface area (Å²) in [7, 11) is 0. The molecule has 0 bridgehead atoms. The number of benzene rings is 1. The Bertz CT molecular complexity index is 410. The van der Waals surface area contributed by atoms with E-state index in [1.165, 1.54) is 18.2 Å². The maximum absolute atomic E-state index is 13.4. The predicted molar refractivity (Wildman–Crippen MR) is 57.7 cm³/mol. The van der Waals surface area contributed by atoms with E-state index < -0.39 is 17.3 Å². The number of halogens is 2. The van der Waals surface area contributed by atoms with Gasteiger partial charge in [0.05, 0.1) is 17.5 Å². The van der Waals surface area contributed by atoms with Gasteiger partial charge in [-0.2, -0.15) is 5.26 Å². The molecule has 0 aliphatic rings. The molecule has 15 heavy (non-hydrogen) atoms. The van der Waals surface area contributed by atoms with Crippen molar-refractivity contribution in [1.29, 1.82) is 5.26 Å². The Labute approximate surface area is 93.5 Å². The van der Waals surface area contributed by atoms with Crippen LogP contribution in [0.5, 0.6) is 0 Å². The summed E-state index contributed by atoms with van der Waals surface area (Å²) in [4.78, 5) is 0. The Kier molecular flexibility index (Phi) is 3.33. The fraction of sp³-hybridized carbons (Fsp3) is 0.364. The Morgan fingerprint density at radius 1 is 1.53 bits per heavy atom. The van der Waals surface area contributed by atoms with E-state index in [1.807, 2.05) is 0 Å². The molecule has 80 valence electrons. The molecule has 1 atom stereocenters. The van der Waals surface area contributed by atoms with E-state index in [1.54, 1.807) is 13.8 Å². The standard InChI is InChI=1S/C11H12ClFN2/c1-11(2,6-14)10(15)8-5-7(12)3-4-9(8)13/h3-5,10H,15H2,1-2H3.